The first-order valence-corrected chi connectivity index (χ1v) is 10.1. The molecule has 20 heavy (non-hydrogen) atoms. The smallest absolute Gasteiger partial charge is 0.100 e. The second-order valence-corrected chi connectivity index (χ2v) is 8.75. The molecule has 120 valence electrons. The predicted molar refractivity (Wildman–Crippen MR) is 92.6 cm³/mol. The van der Waals surface area contributed by atoms with Gasteiger partial charge in [-0.3, -0.25) is 0 Å². The van der Waals surface area contributed by atoms with E-state index in [1.165, 1.54) is 38.5 Å². The van der Waals surface area contributed by atoms with Gasteiger partial charge in [0.05, 0.1) is 0 Å². The second-order valence-electron chi connectivity index (χ2n) is 5.55. The standard InChI is InChI=1S/2C8H16OS/c2*1-3-4-8-5-6-9-7(2)10-8/h2*7-8H,3-6H2,1-2H3/t2*7-,8+/m10/s1. The predicted octanol–water partition coefficient (Wildman–Crippen LogP) is 5.31. The third-order valence-electron chi connectivity index (χ3n) is 3.57. The molecule has 2 rings (SSSR count). The fourth-order valence-electron chi connectivity index (χ4n) is 2.56. The minimum Gasteiger partial charge on any atom is -0.368 e. The van der Waals surface area contributed by atoms with Gasteiger partial charge >= 0.3 is 0 Å². The summed E-state index contributed by atoms with van der Waals surface area (Å²) in [7, 11) is 0. The first-order valence-electron chi connectivity index (χ1n) is 8.19. The Hall–Kier alpha value is 0.620. The fraction of sp³-hybridized carbons (Fsp3) is 1.00. The molecule has 0 aliphatic carbocycles. The molecule has 0 unspecified atom stereocenters. The summed E-state index contributed by atoms with van der Waals surface area (Å²) in [6.07, 6.45) is 7.84. The lowest BCUT2D eigenvalue weighted by Gasteiger charge is -2.26. The zero-order valence-electron chi connectivity index (χ0n) is 13.6. The van der Waals surface area contributed by atoms with Crippen LogP contribution >= 0.6 is 23.5 Å². The van der Waals surface area contributed by atoms with Gasteiger partial charge in [-0.15, -0.1) is 23.5 Å². The third-order valence-corrected chi connectivity index (χ3v) is 6.33. The molecular formula is C16H32O2S2. The Morgan fingerprint density at radius 1 is 0.800 bits per heavy atom. The normalized spacial score (nSPS) is 34.2. The first kappa shape index (κ1) is 18.7. The van der Waals surface area contributed by atoms with Gasteiger partial charge in [0.15, 0.2) is 0 Å². The zero-order chi connectivity index (χ0) is 14.8. The van der Waals surface area contributed by atoms with Gasteiger partial charge < -0.3 is 9.47 Å². The van der Waals surface area contributed by atoms with E-state index in [1.807, 2.05) is 23.5 Å². The summed E-state index contributed by atoms with van der Waals surface area (Å²) in [6.45, 7) is 10.7. The Labute approximate surface area is 134 Å². The highest BCUT2D eigenvalue weighted by atomic mass is 32.2. The highest BCUT2D eigenvalue weighted by molar-refractivity contribution is 8.00. The molecule has 0 aromatic carbocycles. The summed E-state index contributed by atoms with van der Waals surface area (Å²) in [5.74, 6) is 0. The average molecular weight is 321 g/mol. The van der Waals surface area contributed by atoms with E-state index in [4.69, 9.17) is 9.47 Å². The Kier molecular flexibility index (Phi) is 10.5. The molecule has 4 atom stereocenters. The summed E-state index contributed by atoms with van der Waals surface area (Å²) in [5, 5.41) is 1.74. The second kappa shape index (κ2) is 11.2. The van der Waals surface area contributed by atoms with Gasteiger partial charge in [-0.1, -0.05) is 26.7 Å². The van der Waals surface area contributed by atoms with Gasteiger partial charge in [-0.25, -0.2) is 0 Å². The van der Waals surface area contributed by atoms with E-state index in [9.17, 15) is 0 Å². The molecule has 0 N–H and O–H groups in total. The van der Waals surface area contributed by atoms with Crippen molar-refractivity contribution < 1.29 is 9.47 Å². The van der Waals surface area contributed by atoms with Crippen LogP contribution in [0.15, 0.2) is 0 Å². The maximum absolute atomic E-state index is 5.42. The fourth-order valence-corrected chi connectivity index (χ4v) is 5.20. The van der Waals surface area contributed by atoms with Gasteiger partial charge in [-0.2, -0.15) is 0 Å². The van der Waals surface area contributed by atoms with Gasteiger partial charge in [0, 0.05) is 23.7 Å². The minimum atomic E-state index is 0.435. The highest BCUT2D eigenvalue weighted by Gasteiger charge is 2.19. The van der Waals surface area contributed by atoms with Crippen molar-refractivity contribution in [2.75, 3.05) is 13.2 Å². The summed E-state index contributed by atoms with van der Waals surface area (Å²) >= 11 is 3.98. The number of thioether (sulfide) groups is 2. The van der Waals surface area contributed by atoms with Gasteiger partial charge in [0.1, 0.15) is 10.9 Å². The van der Waals surface area contributed by atoms with E-state index < -0.39 is 0 Å². The molecule has 0 amide bonds. The van der Waals surface area contributed by atoms with Crippen LogP contribution in [0.25, 0.3) is 0 Å². The van der Waals surface area contributed by atoms with E-state index in [1.54, 1.807) is 0 Å². The van der Waals surface area contributed by atoms with Crippen LogP contribution in [0.3, 0.4) is 0 Å². The zero-order valence-corrected chi connectivity index (χ0v) is 15.2. The maximum Gasteiger partial charge on any atom is 0.100 e. The topological polar surface area (TPSA) is 18.5 Å². The summed E-state index contributed by atoms with van der Waals surface area (Å²) in [5.41, 5.74) is 0.871. The minimum absolute atomic E-state index is 0.435. The van der Waals surface area contributed by atoms with Gasteiger partial charge in [0.2, 0.25) is 0 Å². The van der Waals surface area contributed by atoms with E-state index in [2.05, 4.69) is 27.7 Å². The molecule has 2 aliphatic rings. The van der Waals surface area contributed by atoms with Crippen LogP contribution < -0.4 is 0 Å². The van der Waals surface area contributed by atoms with Crippen LogP contribution in [0.5, 0.6) is 0 Å². The Morgan fingerprint density at radius 3 is 1.50 bits per heavy atom. The van der Waals surface area contributed by atoms with Crippen LogP contribution in [0.2, 0.25) is 0 Å². The summed E-state index contributed by atoms with van der Waals surface area (Å²) in [4.78, 5) is 0. The lowest BCUT2D eigenvalue weighted by atomic mass is 10.2. The monoisotopic (exact) mass is 320 g/mol. The molecule has 2 fully saturated rings. The number of hydrogen-bond donors (Lipinski definition) is 0. The Bertz CT molecular complexity index is 211. The van der Waals surface area contributed by atoms with Crippen molar-refractivity contribution in [1.29, 1.82) is 0 Å². The molecule has 2 saturated heterocycles. The third kappa shape index (κ3) is 8.16. The quantitative estimate of drug-likeness (QED) is 0.698. The molecule has 4 heteroatoms. The van der Waals surface area contributed by atoms with Crippen molar-refractivity contribution in [3.8, 4) is 0 Å². The van der Waals surface area contributed by atoms with Crippen molar-refractivity contribution in [3.63, 3.8) is 0 Å². The van der Waals surface area contributed by atoms with Crippen LogP contribution in [0, 0.1) is 0 Å². The summed E-state index contributed by atoms with van der Waals surface area (Å²) < 4.78 is 10.8. The van der Waals surface area contributed by atoms with Gasteiger partial charge in [0.25, 0.3) is 0 Å². The lowest BCUT2D eigenvalue weighted by molar-refractivity contribution is 0.110. The van der Waals surface area contributed by atoms with Crippen LogP contribution in [0.1, 0.15) is 66.2 Å². The molecule has 0 aromatic heterocycles. The van der Waals surface area contributed by atoms with Crippen molar-refractivity contribution in [2.24, 2.45) is 0 Å². The average Bonchev–Trinajstić information content (AvgIpc) is 2.40. The van der Waals surface area contributed by atoms with Crippen molar-refractivity contribution in [3.05, 3.63) is 0 Å². The summed E-state index contributed by atoms with van der Waals surface area (Å²) in [6, 6.07) is 0. The van der Waals surface area contributed by atoms with Crippen LogP contribution in [-0.4, -0.2) is 34.6 Å². The van der Waals surface area contributed by atoms with Crippen LogP contribution in [-0.2, 0) is 9.47 Å². The molecule has 2 heterocycles. The number of hydrogen-bond acceptors (Lipinski definition) is 4. The molecule has 0 spiro atoms. The van der Waals surface area contributed by atoms with Crippen molar-refractivity contribution >= 4 is 23.5 Å². The van der Waals surface area contributed by atoms with E-state index in [0.29, 0.717) is 10.9 Å². The van der Waals surface area contributed by atoms with Crippen molar-refractivity contribution in [2.45, 2.75) is 87.6 Å². The molecule has 0 radical (unpaired) electrons. The van der Waals surface area contributed by atoms with E-state index >= 15 is 0 Å². The highest BCUT2D eigenvalue weighted by Crippen LogP contribution is 2.30. The Morgan fingerprint density at radius 2 is 1.20 bits per heavy atom. The first-order chi connectivity index (χ1) is 9.65. The molecule has 2 aliphatic heterocycles. The number of rotatable bonds is 4. The lowest BCUT2D eigenvalue weighted by Crippen LogP contribution is -2.20. The molecule has 0 saturated carbocycles. The molecular weight excluding hydrogens is 288 g/mol. The van der Waals surface area contributed by atoms with E-state index in [-0.39, 0.29) is 0 Å². The van der Waals surface area contributed by atoms with E-state index in [0.717, 1.165) is 23.7 Å². The molecule has 2 nitrogen and oxygen atoms in total. The SMILES string of the molecule is CCC[C@@H]1CCO[C@H](C)S1.CCC[C@H]1CCO[C@@H](C)S1. The largest absolute Gasteiger partial charge is 0.368 e. The molecule has 0 bridgehead atoms. The van der Waals surface area contributed by atoms with Crippen molar-refractivity contribution in [1.82, 2.24) is 0 Å². The van der Waals surface area contributed by atoms with Gasteiger partial charge in [-0.05, 0) is 39.5 Å². The number of ether oxygens (including phenoxy) is 2. The maximum atomic E-state index is 5.42. The molecule has 0 aromatic rings. The Balaban J connectivity index is 0.000000200. The van der Waals surface area contributed by atoms with Crippen LogP contribution in [0.4, 0.5) is 0 Å².